The molecule has 4 heterocycles. The van der Waals surface area contributed by atoms with Gasteiger partial charge in [-0.15, -0.1) is 0 Å². The minimum Gasteiger partial charge on any atom is -0.497 e. The van der Waals surface area contributed by atoms with E-state index in [1.54, 1.807) is 7.11 Å². The van der Waals surface area contributed by atoms with Crippen molar-refractivity contribution in [1.29, 1.82) is 5.26 Å². The van der Waals surface area contributed by atoms with Crippen molar-refractivity contribution >= 4 is 22.5 Å². The summed E-state index contributed by atoms with van der Waals surface area (Å²) in [6.07, 6.45) is 4.51. The fourth-order valence-corrected chi connectivity index (χ4v) is 6.40. The maximum atomic E-state index is 12.1. The molecule has 2 aromatic carbocycles. The molecule has 6 rings (SSSR count). The molecule has 0 unspecified atom stereocenters. The van der Waals surface area contributed by atoms with E-state index in [9.17, 15) is 10.1 Å². The molecule has 1 aromatic heterocycles. The molecule has 0 bridgehead atoms. The van der Waals surface area contributed by atoms with Crippen molar-refractivity contribution in [2.24, 2.45) is 5.41 Å². The number of nitriles is 1. The first-order chi connectivity index (χ1) is 19.4. The van der Waals surface area contributed by atoms with Gasteiger partial charge in [0.15, 0.2) is 5.82 Å². The van der Waals surface area contributed by atoms with Crippen molar-refractivity contribution in [2.45, 2.75) is 25.3 Å². The molecule has 1 atom stereocenters. The van der Waals surface area contributed by atoms with Crippen molar-refractivity contribution in [1.82, 2.24) is 19.8 Å². The molecule has 206 valence electrons. The summed E-state index contributed by atoms with van der Waals surface area (Å²) in [5.74, 6) is 1.23. The fourth-order valence-electron chi connectivity index (χ4n) is 6.40. The number of likely N-dealkylation sites (tertiary alicyclic amines) is 2. The SMILES string of the molecule is C=CC(=O)N1CC2(CCN(c3nc(OC[C@@H]4CCCN4C)nc(-c4cc(OC)cc5ccccc45)c3C#N)C2)C1. The lowest BCUT2D eigenvalue weighted by atomic mass is 9.79. The number of nitrogens with zero attached hydrogens (tertiary/aromatic N) is 6. The van der Waals surface area contributed by atoms with Crippen LogP contribution in [0.25, 0.3) is 22.0 Å². The quantitative estimate of drug-likeness (QED) is 0.419. The van der Waals surface area contributed by atoms with E-state index in [0.717, 1.165) is 48.7 Å². The van der Waals surface area contributed by atoms with Gasteiger partial charge in [0.2, 0.25) is 5.91 Å². The van der Waals surface area contributed by atoms with Crippen molar-refractivity contribution in [2.75, 3.05) is 58.4 Å². The van der Waals surface area contributed by atoms with Crippen LogP contribution in [0.5, 0.6) is 11.8 Å². The third kappa shape index (κ3) is 4.62. The van der Waals surface area contributed by atoms with Crippen molar-refractivity contribution < 1.29 is 14.3 Å². The Kier molecular flexibility index (Phi) is 6.80. The van der Waals surface area contributed by atoms with Crippen LogP contribution in [-0.4, -0.2) is 85.2 Å². The second-order valence-electron chi connectivity index (χ2n) is 11.2. The highest BCUT2D eigenvalue weighted by atomic mass is 16.5. The van der Waals surface area contributed by atoms with E-state index < -0.39 is 0 Å². The zero-order valence-electron chi connectivity index (χ0n) is 23.1. The second kappa shape index (κ2) is 10.4. The molecule has 1 amide bonds. The van der Waals surface area contributed by atoms with Crippen LogP contribution < -0.4 is 14.4 Å². The average molecular weight is 539 g/mol. The molecule has 3 fully saturated rings. The number of methoxy groups -OCH3 is 1. The number of aromatic nitrogens is 2. The molecule has 0 radical (unpaired) electrons. The number of carbonyl (C=O) groups excluding carboxylic acids is 1. The monoisotopic (exact) mass is 538 g/mol. The molecule has 3 aliphatic heterocycles. The second-order valence-corrected chi connectivity index (χ2v) is 11.2. The molecule has 0 aliphatic carbocycles. The minimum absolute atomic E-state index is 0.00719. The standard InChI is InChI=1S/C31H34N6O3/c1-4-27(38)37-19-31(20-37)11-13-36(18-31)29-26(16-32)28(33-30(34-29)40-17-22-9-7-12-35(22)2)25-15-23(39-3)14-21-8-5-6-10-24(21)25/h4-6,8,10,14-15,22H,1,7,9,11-13,17-20H2,2-3H3/t22-/m0/s1. The Hall–Kier alpha value is -4.16. The largest absolute Gasteiger partial charge is 0.497 e. The molecule has 1 spiro atoms. The minimum atomic E-state index is -0.0384. The number of anilines is 1. The van der Waals surface area contributed by atoms with Crippen LogP contribution in [0.1, 0.15) is 24.8 Å². The number of fused-ring (bicyclic) bond motifs is 1. The fraction of sp³-hybridized carbons (Fsp3) is 0.419. The van der Waals surface area contributed by atoms with Gasteiger partial charge in [0, 0.05) is 43.2 Å². The van der Waals surface area contributed by atoms with Gasteiger partial charge in [0.1, 0.15) is 24.0 Å². The zero-order chi connectivity index (χ0) is 27.9. The number of benzene rings is 2. The molecule has 3 aliphatic rings. The predicted molar refractivity (Wildman–Crippen MR) is 153 cm³/mol. The third-order valence-electron chi connectivity index (χ3n) is 8.66. The number of hydrogen-bond acceptors (Lipinski definition) is 8. The van der Waals surface area contributed by atoms with Gasteiger partial charge in [-0.25, -0.2) is 0 Å². The molecule has 0 N–H and O–H groups in total. The van der Waals surface area contributed by atoms with Crippen molar-refractivity contribution in [3.05, 3.63) is 54.6 Å². The Balaban J connectivity index is 1.42. The Morgan fingerprint density at radius 3 is 2.77 bits per heavy atom. The third-order valence-corrected chi connectivity index (χ3v) is 8.66. The molecule has 3 aromatic rings. The van der Waals surface area contributed by atoms with E-state index in [1.165, 1.54) is 6.08 Å². The van der Waals surface area contributed by atoms with Crippen LogP contribution in [0.2, 0.25) is 0 Å². The van der Waals surface area contributed by atoms with Gasteiger partial charge in [-0.2, -0.15) is 15.2 Å². The molecule has 0 saturated carbocycles. The number of rotatable bonds is 7. The van der Waals surface area contributed by atoms with E-state index in [1.807, 2.05) is 41.3 Å². The highest BCUT2D eigenvalue weighted by molar-refractivity contribution is 5.99. The Bertz CT molecular complexity index is 1510. The van der Waals surface area contributed by atoms with Crippen LogP contribution in [-0.2, 0) is 4.79 Å². The number of likely N-dealkylation sites (N-methyl/N-ethyl adjacent to an activating group) is 1. The Morgan fingerprint density at radius 2 is 2.05 bits per heavy atom. The molecule has 3 saturated heterocycles. The summed E-state index contributed by atoms with van der Waals surface area (Å²) in [5, 5.41) is 12.5. The predicted octanol–water partition coefficient (Wildman–Crippen LogP) is 3.87. The van der Waals surface area contributed by atoms with Crippen molar-refractivity contribution in [3.63, 3.8) is 0 Å². The lowest BCUT2D eigenvalue weighted by molar-refractivity contribution is -0.136. The van der Waals surface area contributed by atoms with Crippen LogP contribution in [0.4, 0.5) is 5.82 Å². The van der Waals surface area contributed by atoms with Crippen LogP contribution in [0.15, 0.2) is 49.1 Å². The van der Waals surface area contributed by atoms with Gasteiger partial charge in [-0.1, -0.05) is 30.8 Å². The molecule has 9 heteroatoms. The first kappa shape index (κ1) is 26.1. The normalized spacial score (nSPS) is 20.0. The van der Waals surface area contributed by atoms with Crippen molar-refractivity contribution in [3.8, 4) is 29.1 Å². The molecular weight excluding hydrogens is 504 g/mol. The first-order valence-corrected chi connectivity index (χ1v) is 13.8. The summed E-state index contributed by atoms with van der Waals surface area (Å²) >= 11 is 0. The maximum Gasteiger partial charge on any atom is 0.319 e. The number of carbonyl (C=O) groups is 1. The molecule has 9 nitrogen and oxygen atoms in total. The Labute approximate surface area is 234 Å². The smallest absolute Gasteiger partial charge is 0.319 e. The lowest BCUT2D eigenvalue weighted by Gasteiger charge is -2.47. The topological polar surface area (TPSA) is 94.8 Å². The first-order valence-electron chi connectivity index (χ1n) is 13.8. The summed E-state index contributed by atoms with van der Waals surface area (Å²) in [7, 11) is 3.75. The van der Waals surface area contributed by atoms with Crippen LogP contribution in [0, 0.1) is 16.7 Å². The molecular formula is C31H34N6O3. The maximum absolute atomic E-state index is 12.1. The number of amides is 1. The summed E-state index contributed by atoms with van der Waals surface area (Å²) in [5.41, 5.74) is 1.75. The Morgan fingerprint density at radius 1 is 1.23 bits per heavy atom. The number of ether oxygens (including phenoxy) is 2. The van der Waals surface area contributed by atoms with Gasteiger partial charge in [-0.05, 0) is 61.8 Å². The number of hydrogen-bond donors (Lipinski definition) is 0. The van der Waals surface area contributed by atoms with Gasteiger partial charge >= 0.3 is 6.01 Å². The summed E-state index contributed by atoms with van der Waals surface area (Å²) in [6, 6.07) is 14.9. The van der Waals surface area contributed by atoms with Gasteiger partial charge < -0.3 is 24.2 Å². The zero-order valence-corrected chi connectivity index (χ0v) is 23.1. The van der Waals surface area contributed by atoms with Gasteiger partial charge in [0.05, 0.1) is 12.8 Å². The highest BCUT2D eigenvalue weighted by Crippen LogP contribution is 2.43. The lowest BCUT2D eigenvalue weighted by Crippen LogP contribution is -2.59. The molecule has 40 heavy (non-hydrogen) atoms. The van der Waals surface area contributed by atoms with E-state index in [0.29, 0.717) is 55.1 Å². The van der Waals surface area contributed by atoms with E-state index in [2.05, 4.69) is 29.5 Å². The average Bonchev–Trinajstić information content (AvgIpc) is 3.60. The van der Waals surface area contributed by atoms with E-state index in [-0.39, 0.29) is 17.3 Å². The van der Waals surface area contributed by atoms with Crippen LogP contribution >= 0.6 is 0 Å². The highest BCUT2D eigenvalue weighted by Gasteiger charge is 2.49. The van der Waals surface area contributed by atoms with Gasteiger partial charge in [-0.3, -0.25) is 4.79 Å². The van der Waals surface area contributed by atoms with Crippen LogP contribution in [0.3, 0.4) is 0 Å². The summed E-state index contributed by atoms with van der Waals surface area (Å²) in [6.45, 7) is 7.98. The van der Waals surface area contributed by atoms with E-state index in [4.69, 9.17) is 19.4 Å². The van der Waals surface area contributed by atoms with Gasteiger partial charge in [0.25, 0.3) is 0 Å². The summed E-state index contributed by atoms with van der Waals surface area (Å²) in [4.78, 5) is 28.1. The van der Waals surface area contributed by atoms with E-state index >= 15 is 0 Å². The summed E-state index contributed by atoms with van der Waals surface area (Å²) < 4.78 is 11.9.